The Morgan fingerprint density at radius 3 is 2.21 bits per heavy atom. The number of unbranched alkanes of at least 4 members (excludes halogenated alkanes) is 8. The molecule has 3 rings (SSSR count). The van der Waals surface area contributed by atoms with Gasteiger partial charge in [0, 0.05) is 67.6 Å². The molecular weight excluding hydrogens is 976 g/mol. The second-order valence-corrected chi connectivity index (χ2v) is 23.6. The van der Waals surface area contributed by atoms with Gasteiger partial charge in [0.2, 0.25) is 5.91 Å². The number of carbonyl (C=O) groups excluding carboxylic acids is 6. The highest BCUT2D eigenvalue weighted by Crippen LogP contribution is 2.33. The number of nitrogens with one attached hydrogen (secondary N) is 2. The molecule has 1 aromatic heterocycles. The van der Waals surface area contributed by atoms with Crippen LogP contribution in [0.25, 0.3) is 0 Å². The number of halogens is 1. The maximum atomic E-state index is 14.4. The Morgan fingerprint density at radius 2 is 1.58 bits per heavy atom. The maximum absolute atomic E-state index is 14.4. The summed E-state index contributed by atoms with van der Waals surface area (Å²) in [6.07, 6.45) is 14.0. The van der Waals surface area contributed by atoms with Crippen LogP contribution in [0.5, 0.6) is 0 Å². The zero-order valence-corrected chi connectivity index (χ0v) is 47.0. The smallest absolute Gasteiger partial charge is 0.407 e. The molecule has 0 radical (unpaired) electrons. The van der Waals surface area contributed by atoms with E-state index < -0.39 is 53.8 Å². The number of thiazole rings is 1. The number of rotatable bonds is 36. The number of hydrogen-bond acceptors (Lipinski definition) is 14. The van der Waals surface area contributed by atoms with Crippen molar-refractivity contribution in [2.24, 2.45) is 29.4 Å². The second-order valence-electron chi connectivity index (χ2n) is 20.0. The van der Waals surface area contributed by atoms with Crippen LogP contribution in [0.4, 0.5) is 9.18 Å². The average molecular weight is 1060 g/mol. The van der Waals surface area contributed by atoms with Crippen molar-refractivity contribution in [3.8, 4) is 0 Å². The van der Waals surface area contributed by atoms with Gasteiger partial charge in [-0.2, -0.15) is 0 Å². The van der Waals surface area contributed by atoms with Crippen molar-refractivity contribution in [2.45, 2.75) is 175 Å². The van der Waals surface area contributed by atoms with Crippen LogP contribution in [0.15, 0.2) is 29.6 Å². The van der Waals surface area contributed by atoms with Crippen molar-refractivity contribution in [1.82, 2.24) is 25.4 Å². The lowest BCUT2D eigenvalue weighted by Crippen LogP contribution is -2.48. The van der Waals surface area contributed by atoms with Crippen LogP contribution in [-0.4, -0.2) is 120 Å². The van der Waals surface area contributed by atoms with Crippen LogP contribution >= 0.6 is 32.9 Å². The number of likely N-dealkylation sites (tertiary alicyclic amines) is 1. The summed E-state index contributed by atoms with van der Waals surface area (Å²) in [6, 6.07) is 4.75. The zero-order chi connectivity index (χ0) is 53.0. The van der Waals surface area contributed by atoms with Crippen LogP contribution < -0.4 is 16.4 Å². The standard InChI is InChI=1S/C54H87FN6O8S3/c1-9-38(4)44(33-48(63)46-21-17-19-27-60(46)7)53(66)61(8)47(37(2)3)34-50(69-40(6)62)52-59-45(36-70-52)51(65)58-43(32-41-22-24-42(55)25-23-41)31-39(5)49(64)35-57-54(67)68-28-30-72-71-29-20-16-14-12-10-11-13-15-18-26-56/h22-25,36-39,43-44,46-47,50H,9-21,26-35,56H2,1-8H3,(H,57,67)(H,58,65)/t38-,39-,43+,44?,46?,47+,50+/m0/s1. The summed E-state index contributed by atoms with van der Waals surface area (Å²) in [5.74, 6) is -1.24. The summed E-state index contributed by atoms with van der Waals surface area (Å²) in [5.41, 5.74) is 6.38. The van der Waals surface area contributed by atoms with Gasteiger partial charge in [0.15, 0.2) is 17.7 Å². The number of nitrogens with zero attached hydrogens (tertiary/aromatic N) is 3. The fourth-order valence-corrected chi connectivity index (χ4v) is 12.1. The molecule has 7 atom stereocenters. The topological polar surface area (TPSA) is 190 Å². The minimum absolute atomic E-state index is 0.0335. The normalized spacial score (nSPS) is 16.5. The third kappa shape index (κ3) is 23.3. The molecule has 1 fully saturated rings. The zero-order valence-electron chi connectivity index (χ0n) is 44.6. The molecule has 14 nitrogen and oxygen atoms in total. The Balaban J connectivity index is 1.59. The van der Waals surface area contributed by atoms with Gasteiger partial charge in [-0.3, -0.25) is 28.9 Å². The number of piperidine rings is 1. The fraction of sp³-hybridized carbons (Fsp3) is 0.722. The van der Waals surface area contributed by atoms with E-state index in [1.807, 2.05) is 34.7 Å². The Hall–Kier alpha value is -3.58. The molecule has 18 heteroatoms. The first-order valence-electron chi connectivity index (χ1n) is 26.5. The van der Waals surface area contributed by atoms with Gasteiger partial charge in [-0.25, -0.2) is 14.2 Å². The molecule has 1 saturated heterocycles. The lowest BCUT2D eigenvalue weighted by Gasteiger charge is -2.37. The largest absolute Gasteiger partial charge is 0.455 e. The molecule has 1 aliphatic rings. The monoisotopic (exact) mass is 1060 g/mol. The van der Waals surface area contributed by atoms with E-state index in [1.54, 1.807) is 58.0 Å². The molecule has 1 aromatic carbocycles. The molecular formula is C54H87FN6O8S3. The van der Waals surface area contributed by atoms with E-state index in [-0.39, 0.29) is 79.9 Å². The summed E-state index contributed by atoms with van der Waals surface area (Å²) in [5, 5.41) is 7.55. The molecule has 0 aliphatic carbocycles. The Labute approximate surface area is 442 Å². The Kier molecular flexibility index (Phi) is 30.3. The number of likely N-dealkylation sites (N-methyl/N-ethyl adjacent to an activating group) is 1. The molecule has 2 unspecified atom stereocenters. The molecule has 406 valence electrons. The first-order valence-corrected chi connectivity index (χ1v) is 29.9. The van der Waals surface area contributed by atoms with Crippen molar-refractivity contribution in [1.29, 1.82) is 0 Å². The summed E-state index contributed by atoms with van der Waals surface area (Å²) in [7, 11) is 7.17. The van der Waals surface area contributed by atoms with Crippen LogP contribution in [0.2, 0.25) is 0 Å². The van der Waals surface area contributed by atoms with Crippen molar-refractivity contribution in [2.75, 3.05) is 51.8 Å². The third-order valence-corrected chi connectivity index (χ3v) is 17.3. The third-order valence-electron chi connectivity index (χ3n) is 13.9. The van der Waals surface area contributed by atoms with Gasteiger partial charge in [0.1, 0.15) is 23.1 Å². The average Bonchev–Trinajstić information content (AvgIpc) is 3.85. The van der Waals surface area contributed by atoms with Crippen molar-refractivity contribution in [3.05, 3.63) is 51.7 Å². The first kappa shape index (κ1) is 62.7. The number of amides is 3. The highest BCUT2D eigenvalue weighted by Gasteiger charge is 2.38. The van der Waals surface area contributed by atoms with Gasteiger partial charge >= 0.3 is 12.1 Å². The highest BCUT2D eigenvalue weighted by atomic mass is 33.1. The maximum Gasteiger partial charge on any atom is 0.407 e. The molecule has 2 aromatic rings. The van der Waals surface area contributed by atoms with E-state index in [2.05, 4.69) is 20.5 Å². The van der Waals surface area contributed by atoms with E-state index in [9.17, 15) is 33.2 Å². The van der Waals surface area contributed by atoms with Crippen LogP contribution in [0.3, 0.4) is 0 Å². The van der Waals surface area contributed by atoms with Gasteiger partial charge in [-0.05, 0) is 88.2 Å². The summed E-state index contributed by atoms with van der Waals surface area (Å²) in [6.45, 7) is 12.7. The number of hydrogen-bond donors (Lipinski definition) is 3. The number of Topliss-reactive ketones (excluding diaryl/α,β-unsaturated/α-hetero) is 2. The summed E-state index contributed by atoms with van der Waals surface area (Å²) in [4.78, 5) is 88.8. The Morgan fingerprint density at radius 1 is 0.931 bits per heavy atom. The molecule has 2 heterocycles. The SMILES string of the molecule is CC[C@H](C)C(CC(=O)C1CCCCN1C)C(=O)N(C)[C@H](C[C@@H](OC(C)=O)c1nc(C(=O)N[C@@H](Cc2ccc(F)cc2)C[C@H](C)C(=O)CNC(=O)OCCSSCCCCCCCCCCCN)cs1)C(C)C. The first-order chi connectivity index (χ1) is 34.4. The second kappa shape index (κ2) is 34.8. The predicted molar refractivity (Wildman–Crippen MR) is 290 cm³/mol. The van der Waals surface area contributed by atoms with Crippen LogP contribution in [-0.2, 0) is 35.1 Å². The summed E-state index contributed by atoms with van der Waals surface area (Å²) < 4.78 is 25.0. The number of alkyl carbamates (subject to hydrolysis) is 1. The van der Waals surface area contributed by atoms with E-state index in [1.165, 1.54) is 64.0 Å². The van der Waals surface area contributed by atoms with Gasteiger partial charge in [-0.15, -0.1) is 11.3 Å². The van der Waals surface area contributed by atoms with Crippen LogP contribution in [0.1, 0.15) is 171 Å². The molecule has 1 aliphatic heterocycles. The van der Waals surface area contributed by atoms with Gasteiger partial charge in [0.05, 0.1) is 12.6 Å². The lowest BCUT2D eigenvalue weighted by molar-refractivity contribution is -0.149. The minimum Gasteiger partial charge on any atom is -0.455 e. The summed E-state index contributed by atoms with van der Waals surface area (Å²) >= 11 is 1.16. The van der Waals surface area contributed by atoms with E-state index in [0.29, 0.717) is 10.8 Å². The van der Waals surface area contributed by atoms with Crippen LogP contribution in [0, 0.1) is 29.5 Å². The minimum atomic E-state index is -0.877. The molecule has 3 amide bonds. The van der Waals surface area contributed by atoms with Gasteiger partial charge in [0.25, 0.3) is 5.91 Å². The number of ether oxygens (including phenoxy) is 2. The number of ketones is 2. The predicted octanol–water partition coefficient (Wildman–Crippen LogP) is 10.4. The molecule has 4 N–H and O–H groups in total. The molecule has 0 saturated carbocycles. The highest BCUT2D eigenvalue weighted by molar-refractivity contribution is 8.76. The van der Waals surface area contributed by atoms with E-state index in [0.717, 1.165) is 74.3 Å². The van der Waals surface area contributed by atoms with E-state index >= 15 is 0 Å². The molecule has 0 bridgehead atoms. The quantitative estimate of drug-likeness (QED) is 0.0332. The van der Waals surface area contributed by atoms with Crippen molar-refractivity contribution < 1.29 is 42.6 Å². The fourth-order valence-electron chi connectivity index (χ4n) is 9.24. The van der Waals surface area contributed by atoms with Crippen molar-refractivity contribution in [3.63, 3.8) is 0 Å². The molecule has 0 spiro atoms. The number of esters is 1. The number of nitrogens with two attached hydrogens (primary N) is 1. The van der Waals surface area contributed by atoms with Crippen molar-refractivity contribution >= 4 is 68.4 Å². The number of benzene rings is 1. The number of aromatic nitrogens is 1. The van der Waals surface area contributed by atoms with Gasteiger partial charge in [-0.1, -0.05) is 126 Å². The van der Waals surface area contributed by atoms with Gasteiger partial charge < -0.3 is 30.7 Å². The lowest BCUT2D eigenvalue weighted by atomic mass is 9.83. The Bertz CT molecular complexity index is 1940. The number of carbonyl (C=O) groups is 6. The molecule has 72 heavy (non-hydrogen) atoms. The van der Waals surface area contributed by atoms with E-state index in [4.69, 9.17) is 15.2 Å².